The van der Waals surface area contributed by atoms with Crippen LogP contribution in [0.5, 0.6) is 5.75 Å². The van der Waals surface area contributed by atoms with E-state index in [4.69, 9.17) is 4.74 Å². The van der Waals surface area contributed by atoms with Crippen molar-refractivity contribution in [2.24, 2.45) is 0 Å². The number of anilines is 1. The van der Waals surface area contributed by atoms with Gasteiger partial charge in [0.2, 0.25) is 15.9 Å². The van der Waals surface area contributed by atoms with Crippen molar-refractivity contribution in [3.8, 4) is 5.75 Å². The summed E-state index contributed by atoms with van der Waals surface area (Å²) in [6.07, 6.45) is 1.22. The second kappa shape index (κ2) is 8.90. The van der Waals surface area contributed by atoms with Crippen molar-refractivity contribution in [2.45, 2.75) is 26.8 Å². The molecule has 0 spiro atoms. The number of nitrogens with one attached hydrogen (secondary N) is 1. The van der Waals surface area contributed by atoms with Gasteiger partial charge in [-0.2, -0.15) is 0 Å². The molecule has 6 nitrogen and oxygen atoms in total. The van der Waals surface area contributed by atoms with Gasteiger partial charge in [-0.25, -0.2) is 8.42 Å². The SMILES string of the molecule is COc1ccccc1CNC(=O)CCN(c1c(C)cccc1C)S(C)(=O)=O. The van der Waals surface area contributed by atoms with Crippen molar-refractivity contribution in [3.05, 3.63) is 59.2 Å². The van der Waals surface area contributed by atoms with Crippen LogP contribution in [0, 0.1) is 13.8 Å². The van der Waals surface area contributed by atoms with Crippen molar-refractivity contribution in [2.75, 3.05) is 24.2 Å². The second-order valence-electron chi connectivity index (χ2n) is 6.41. The number of para-hydroxylation sites is 2. The minimum atomic E-state index is -3.50. The van der Waals surface area contributed by atoms with Gasteiger partial charge in [-0.1, -0.05) is 36.4 Å². The van der Waals surface area contributed by atoms with Crippen LogP contribution in [0.2, 0.25) is 0 Å². The lowest BCUT2D eigenvalue weighted by atomic mass is 10.1. The van der Waals surface area contributed by atoms with E-state index in [0.29, 0.717) is 18.0 Å². The summed E-state index contributed by atoms with van der Waals surface area (Å²) in [6, 6.07) is 13.0. The number of rotatable bonds is 8. The number of carbonyl (C=O) groups is 1. The van der Waals surface area contributed by atoms with Gasteiger partial charge in [0.05, 0.1) is 19.1 Å². The number of nitrogens with zero attached hydrogens (tertiary/aromatic N) is 1. The molecule has 0 heterocycles. The van der Waals surface area contributed by atoms with Crippen LogP contribution in [-0.4, -0.2) is 34.2 Å². The van der Waals surface area contributed by atoms with Gasteiger partial charge in [0.1, 0.15) is 5.75 Å². The third kappa shape index (κ3) is 5.47. The van der Waals surface area contributed by atoms with Gasteiger partial charge in [0.25, 0.3) is 0 Å². The highest BCUT2D eigenvalue weighted by molar-refractivity contribution is 7.92. The Morgan fingerprint density at radius 1 is 1.07 bits per heavy atom. The highest BCUT2D eigenvalue weighted by Crippen LogP contribution is 2.26. The summed E-state index contributed by atoms with van der Waals surface area (Å²) in [7, 11) is -1.92. The number of methoxy groups -OCH3 is 1. The average molecular weight is 391 g/mol. The van der Waals surface area contributed by atoms with Crippen molar-refractivity contribution in [1.29, 1.82) is 0 Å². The Bertz CT molecular complexity index is 890. The third-order valence-electron chi connectivity index (χ3n) is 4.30. The molecule has 27 heavy (non-hydrogen) atoms. The number of sulfonamides is 1. The molecule has 7 heteroatoms. The molecule has 0 saturated carbocycles. The fraction of sp³-hybridized carbons (Fsp3) is 0.350. The first-order valence-electron chi connectivity index (χ1n) is 8.66. The van der Waals surface area contributed by atoms with E-state index < -0.39 is 10.0 Å². The fourth-order valence-corrected chi connectivity index (χ4v) is 4.02. The zero-order valence-electron chi connectivity index (χ0n) is 16.2. The highest BCUT2D eigenvalue weighted by atomic mass is 32.2. The van der Waals surface area contributed by atoms with Crippen LogP contribution in [0.15, 0.2) is 42.5 Å². The van der Waals surface area contributed by atoms with Crippen LogP contribution >= 0.6 is 0 Å². The minimum Gasteiger partial charge on any atom is -0.496 e. The summed E-state index contributed by atoms with van der Waals surface area (Å²) < 4.78 is 31.2. The zero-order chi connectivity index (χ0) is 20.0. The van der Waals surface area contributed by atoms with Gasteiger partial charge in [-0.05, 0) is 31.0 Å². The molecule has 0 saturated heterocycles. The van der Waals surface area contributed by atoms with E-state index in [0.717, 1.165) is 22.9 Å². The molecule has 0 atom stereocenters. The maximum atomic E-state index is 12.3. The maximum absolute atomic E-state index is 12.3. The summed E-state index contributed by atoms with van der Waals surface area (Å²) >= 11 is 0. The molecule has 0 aromatic heterocycles. The van der Waals surface area contributed by atoms with Gasteiger partial charge < -0.3 is 10.1 Å². The van der Waals surface area contributed by atoms with Crippen LogP contribution in [0.3, 0.4) is 0 Å². The van der Waals surface area contributed by atoms with Crippen LogP contribution in [-0.2, 0) is 21.4 Å². The lowest BCUT2D eigenvalue weighted by Crippen LogP contribution is -2.35. The molecular formula is C20H26N2O4S. The first-order chi connectivity index (χ1) is 12.7. The number of benzene rings is 2. The molecule has 2 aromatic rings. The van der Waals surface area contributed by atoms with Crippen molar-refractivity contribution in [3.63, 3.8) is 0 Å². The highest BCUT2D eigenvalue weighted by Gasteiger charge is 2.21. The Labute approximate surface area is 161 Å². The van der Waals surface area contributed by atoms with Gasteiger partial charge in [0.15, 0.2) is 0 Å². The lowest BCUT2D eigenvalue weighted by Gasteiger charge is -2.25. The molecule has 0 aliphatic carbocycles. The Morgan fingerprint density at radius 2 is 1.70 bits per heavy atom. The number of ether oxygens (including phenoxy) is 1. The van der Waals surface area contributed by atoms with Crippen molar-refractivity contribution >= 4 is 21.6 Å². The van der Waals surface area contributed by atoms with E-state index in [-0.39, 0.29) is 18.9 Å². The van der Waals surface area contributed by atoms with Crippen LogP contribution in [0.1, 0.15) is 23.1 Å². The third-order valence-corrected chi connectivity index (χ3v) is 5.47. The van der Waals surface area contributed by atoms with Gasteiger partial charge in [-0.3, -0.25) is 9.10 Å². The first-order valence-corrected chi connectivity index (χ1v) is 10.5. The second-order valence-corrected chi connectivity index (χ2v) is 8.32. The quantitative estimate of drug-likeness (QED) is 0.752. The summed E-state index contributed by atoms with van der Waals surface area (Å²) in [5, 5.41) is 2.82. The van der Waals surface area contributed by atoms with Crippen LogP contribution < -0.4 is 14.4 Å². The summed E-state index contributed by atoms with van der Waals surface area (Å²) in [5.41, 5.74) is 3.21. The molecule has 0 aliphatic heterocycles. The zero-order valence-corrected chi connectivity index (χ0v) is 17.0. The standard InChI is InChI=1S/C20H26N2O4S/c1-15-8-7-9-16(2)20(15)22(27(4,24)25)13-12-19(23)21-14-17-10-5-6-11-18(17)26-3/h5-11H,12-14H2,1-4H3,(H,21,23). The summed E-state index contributed by atoms with van der Waals surface area (Å²) in [4.78, 5) is 12.3. The normalized spacial score (nSPS) is 11.1. The molecule has 0 fully saturated rings. The van der Waals surface area contributed by atoms with E-state index in [1.807, 2.05) is 56.3 Å². The summed E-state index contributed by atoms with van der Waals surface area (Å²) in [6.45, 7) is 4.14. The number of hydrogen-bond acceptors (Lipinski definition) is 4. The largest absolute Gasteiger partial charge is 0.496 e. The molecule has 146 valence electrons. The van der Waals surface area contributed by atoms with Crippen molar-refractivity contribution in [1.82, 2.24) is 5.32 Å². The summed E-state index contributed by atoms with van der Waals surface area (Å²) in [5.74, 6) is 0.479. The van der Waals surface area contributed by atoms with E-state index >= 15 is 0 Å². The molecule has 0 radical (unpaired) electrons. The molecular weight excluding hydrogens is 364 g/mol. The number of amides is 1. The Balaban J connectivity index is 2.06. The predicted molar refractivity (Wildman–Crippen MR) is 108 cm³/mol. The molecule has 0 aliphatic rings. The minimum absolute atomic E-state index is 0.0655. The van der Waals surface area contributed by atoms with E-state index in [2.05, 4.69) is 5.32 Å². The Morgan fingerprint density at radius 3 is 2.30 bits per heavy atom. The van der Waals surface area contributed by atoms with Gasteiger partial charge >= 0.3 is 0 Å². The lowest BCUT2D eigenvalue weighted by molar-refractivity contribution is -0.121. The molecule has 0 unspecified atom stereocenters. The molecule has 1 N–H and O–H groups in total. The Kier molecular flexibility index (Phi) is 6.85. The van der Waals surface area contributed by atoms with Gasteiger partial charge in [0, 0.05) is 25.1 Å². The first kappa shape index (κ1) is 20.8. The molecule has 2 rings (SSSR count). The van der Waals surface area contributed by atoms with Gasteiger partial charge in [-0.15, -0.1) is 0 Å². The number of aryl methyl sites for hydroxylation is 2. The fourth-order valence-electron chi connectivity index (χ4n) is 2.98. The Hall–Kier alpha value is -2.54. The number of hydrogen-bond donors (Lipinski definition) is 1. The topological polar surface area (TPSA) is 75.7 Å². The maximum Gasteiger partial charge on any atom is 0.232 e. The molecule has 1 amide bonds. The van der Waals surface area contributed by atoms with E-state index in [1.54, 1.807) is 7.11 Å². The number of carbonyl (C=O) groups excluding carboxylic acids is 1. The molecule has 0 bridgehead atoms. The van der Waals surface area contributed by atoms with E-state index in [9.17, 15) is 13.2 Å². The van der Waals surface area contributed by atoms with Crippen LogP contribution in [0.25, 0.3) is 0 Å². The van der Waals surface area contributed by atoms with Crippen LogP contribution in [0.4, 0.5) is 5.69 Å². The average Bonchev–Trinajstić information content (AvgIpc) is 2.61. The predicted octanol–water partition coefficient (Wildman–Crippen LogP) is 2.78. The monoisotopic (exact) mass is 390 g/mol. The smallest absolute Gasteiger partial charge is 0.232 e. The van der Waals surface area contributed by atoms with E-state index in [1.165, 1.54) is 4.31 Å². The van der Waals surface area contributed by atoms with Crippen molar-refractivity contribution < 1.29 is 17.9 Å². The molecule has 2 aromatic carbocycles.